The van der Waals surface area contributed by atoms with Gasteiger partial charge in [0.1, 0.15) is 13.6 Å². The van der Waals surface area contributed by atoms with E-state index in [2.05, 4.69) is 0 Å². The van der Waals surface area contributed by atoms with Crippen LogP contribution >= 0.6 is 0 Å². The second-order valence-electron chi connectivity index (χ2n) is 4.26. The number of phenolic OH excluding ortho intramolecular Hbond substituents is 4. The first kappa shape index (κ1) is 12.2. The summed E-state index contributed by atoms with van der Waals surface area (Å²) in [5, 5.41) is 38.9. The van der Waals surface area contributed by atoms with E-state index < -0.39 is 17.2 Å². The first-order chi connectivity index (χ1) is 8.43. The van der Waals surface area contributed by atoms with Crippen molar-refractivity contribution in [2.75, 3.05) is 0 Å². The zero-order chi connectivity index (χ0) is 13.4. The standard InChI is InChI=1S/C13H13BO4/c1-6-2-4-7(5-3-6)8-10(15)9(14)12(17)13(18)11(8)16/h2-5,15-18H,14H2,1H3. The molecule has 2 aromatic carbocycles. The third kappa shape index (κ3) is 1.74. The smallest absolute Gasteiger partial charge is 0.200 e. The topological polar surface area (TPSA) is 80.9 Å². The van der Waals surface area contributed by atoms with Crippen molar-refractivity contribution in [2.24, 2.45) is 0 Å². The van der Waals surface area contributed by atoms with Crippen molar-refractivity contribution in [3.05, 3.63) is 29.8 Å². The monoisotopic (exact) mass is 244 g/mol. The third-order valence-electron chi connectivity index (χ3n) is 2.97. The van der Waals surface area contributed by atoms with Gasteiger partial charge in [-0.15, -0.1) is 0 Å². The Morgan fingerprint density at radius 3 is 1.89 bits per heavy atom. The lowest BCUT2D eigenvalue weighted by Gasteiger charge is -2.13. The van der Waals surface area contributed by atoms with Gasteiger partial charge in [0.15, 0.2) is 11.5 Å². The lowest BCUT2D eigenvalue weighted by atomic mass is 9.88. The van der Waals surface area contributed by atoms with Gasteiger partial charge < -0.3 is 20.4 Å². The predicted octanol–water partition coefficient (Wildman–Crippen LogP) is 0.743. The summed E-state index contributed by atoms with van der Waals surface area (Å²) in [6, 6.07) is 7.10. The molecule has 0 aliphatic carbocycles. The summed E-state index contributed by atoms with van der Waals surface area (Å²) in [6.07, 6.45) is 0. The summed E-state index contributed by atoms with van der Waals surface area (Å²) >= 11 is 0. The number of rotatable bonds is 1. The number of aryl methyl sites for hydroxylation is 1. The highest BCUT2D eigenvalue weighted by Gasteiger charge is 2.21. The van der Waals surface area contributed by atoms with Crippen LogP contribution in [0.15, 0.2) is 24.3 Å². The predicted molar refractivity (Wildman–Crippen MR) is 71.5 cm³/mol. The Labute approximate surface area is 105 Å². The molecular weight excluding hydrogens is 231 g/mol. The molecular formula is C13H13BO4. The fourth-order valence-corrected chi connectivity index (χ4v) is 1.81. The summed E-state index contributed by atoms with van der Waals surface area (Å²) < 4.78 is 0. The number of hydrogen-bond acceptors (Lipinski definition) is 4. The van der Waals surface area contributed by atoms with Crippen LogP contribution in [0, 0.1) is 6.92 Å². The first-order valence-electron chi connectivity index (χ1n) is 5.47. The molecule has 0 fully saturated rings. The van der Waals surface area contributed by atoms with E-state index in [1.165, 1.54) is 7.85 Å². The molecule has 0 aliphatic heterocycles. The highest BCUT2D eigenvalue weighted by atomic mass is 16.3. The number of benzene rings is 2. The van der Waals surface area contributed by atoms with Crippen LogP contribution in [0.25, 0.3) is 11.1 Å². The van der Waals surface area contributed by atoms with Gasteiger partial charge in [0.25, 0.3) is 0 Å². The van der Waals surface area contributed by atoms with Gasteiger partial charge in [-0.3, -0.25) is 0 Å². The zero-order valence-electron chi connectivity index (χ0n) is 10.1. The largest absolute Gasteiger partial charge is 0.508 e. The average Bonchev–Trinajstić information content (AvgIpc) is 2.36. The third-order valence-corrected chi connectivity index (χ3v) is 2.97. The molecule has 0 amide bonds. The van der Waals surface area contributed by atoms with E-state index >= 15 is 0 Å². The first-order valence-corrected chi connectivity index (χ1v) is 5.47. The highest BCUT2D eigenvalue weighted by Crippen LogP contribution is 2.46. The minimum atomic E-state index is -0.624. The van der Waals surface area contributed by atoms with E-state index in [-0.39, 0.29) is 16.8 Å². The molecule has 2 rings (SSSR count). The Hall–Kier alpha value is -2.30. The maximum Gasteiger partial charge on any atom is 0.200 e. The molecule has 0 heterocycles. The van der Waals surface area contributed by atoms with E-state index in [4.69, 9.17) is 0 Å². The van der Waals surface area contributed by atoms with Crippen LogP contribution in [0.1, 0.15) is 5.56 Å². The second kappa shape index (κ2) is 4.18. The van der Waals surface area contributed by atoms with E-state index in [1.807, 2.05) is 19.1 Å². The molecule has 0 bridgehead atoms. The molecule has 4 nitrogen and oxygen atoms in total. The maximum atomic E-state index is 9.98. The molecule has 2 aromatic rings. The van der Waals surface area contributed by atoms with Gasteiger partial charge in [-0.1, -0.05) is 29.8 Å². The number of phenols is 4. The van der Waals surface area contributed by atoms with Crippen LogP contribution in [0.4, 0.5) is 0 Å². The molecule has 0 radical (unpaired) electrons. The van der Waals surface area contributed by atoms with Gasteiger partial charge in [0.05, 0.1) is 5.56 Å². The molecule has 4 N–H and O–H groups in total. The summed E-state index contributed by atoms with van der Waals surface area (Å²) in [4.78, 5) is 0. The normalized spacial score (nSPS) is 10.5. The van der Waals surface area contributed by atoms with Crippen LogP contribution in [0.5, 0.6) is 23.0 Å². The van der Waals surface area contributed by atoms with Crippen molar-refractivity contribution in [3.8, 4) is 34.1 Å². The SMILES string of the molecule is Bc1c(O)c(O)c(O)c(-c2ccc(C)cc2)c1O. The zero-order valence-corrected chi connectivity index (χ0v) is 10.1. The van der Waals surface area contributed by atoms with Crippen molar-refractivity contribution in [1.29, 1.82) is 0 Å². The van der Waals surface area contributed by atoms with Gasteiger partial charge in [-0.25, -0.2) is 0 Å². The van der Waals surface area contributed by atoms with Crippen molar-refractivity contribution in [2.45, 2.75) is 6.92 Å². The van der Waals surface area contributed by atoms with Gasteiger partial charge in [0, 0.05) is 0 Å². The summed E-state index contributed by atoms with van der Waals surface area (Å²) in [6.45, 7) is 1.92. The lowest BCUT2D eigenvalue weighted by molar-refractivity contribution is 0.365. The lowest BCUT2D eigenvalue weighted by Crippen LogP contribution is -2.05. The van der Waals surface area contributed by atoms with Crippen molar-refractivity contribution >= 4 is 13.3 Å². The van der Waals surface area contributed by atoms with Crippen LogP contribution in [-0.4, -0.2) is 28.3 Å². The van der Waals surface area contributed by atoms with E-state index in [0.717, 1.165) is 5.56 Å². The fraction of sp³-hybridized carbons (Fsp3) is 0.0769. The molecule has 0 aliphatic rings. The second-order valence-corrected chi connectivity index (χ2v) is 4.26. The Bertz CT molecular complexity index is 576. The summed E-state index contributed by atoms with van der Waals surface area (Å²) in [5.74, 6) is -1.91. The maximum absolute atomic E-state index is 9.98. The fourth-order valence-electron chi connectivity index (χ4n) is 1.81. The van der Waals surface area contributed by atoms with Gasteiger partial charge in [0.2, 0.25) is 5.75 Å². The van der Waals surface area contributed by atoms with Gasteiger partial charge in [-0.05, 0) is 17.9 Å². The molecule has 18 heavy (non-hydrogen) atoms. The number of hydrogen-bond donors (Lipinski definition) is 4. The molecule has 0 saturated heterocycles. The van der Waals surface area contributed by atoms with Gasteiger partial charge >= 0.3 is 0 Å². The van der Waals surface area contributed by atoms with Crippen molar-refractivity contribution in [3.63, 3.8) is 0 Å². The van der Waals surface area contributed by atoms with E-state index in [1.54, 1.807) is 12.1 Å². The highest BCUT2D eigenvalue weighted by molar-refractivity contribution is 6.37. The van der Waals surface area contributed by atoms with Crippen LogP contribution in [0.2, 0.25) is 0 Å². The number of aromatic hydroxyl groups is 4. The molecule has 0 aromatic heterocycles. The molecule has 0 spiro atoms. The quantitative estimate of drug-likeness (QED) is 0.339. The summed E-state index contributed by atoms with van der Waals surface area (Å²) in [7, 11) is 1.46. The molecule has 0 atom stereocenters. The Morgan fingerprint density at radius 2 is 1.33 bits per heavy atom. The summed E-state index contributed by atoms with van der Waals surface area (Å²) in [5.41, 5.74) is 1.84. The molecule has 92 valence electrons. The average molecular weight is 244 g/mol. The molecule has 5 heteroatoms. The van der Waals surface area contributed by atoms with Crippen molar-refractivity contribution in [1.82, 2.24) is 0 Å². The Balaban J connectivity index is 2.75. The van der Waals surface area contributed by atoms with Crippen molar-refractivity contribution < 1.29 is 20.4 Å². The minimum Gasteiger partial charge on any atom is -0.508 e. The Kier molecular flexibility index (Phi) is 2.83. The Morgan fingerprint density at radius 1 is 0.778 bits per heavy atom. The van der Waals surface area contributed by atoms with Crippen LogP contribution in [-0.2, 0) is 0 Å². The minimum absolute atomic E-state index is 0.114. The molecule has 0 unspecified atom stereocenters. The van der Waals surface area contributed by atoms with Gasteiger partial charge in [-0.2, -0.15) is 0 Å². The van der Waals surface area contributed by atoms with Crippen LogP contribution in [0.3, 0.4) is 0 Å². The molecule has 0 saturated carbocycles. The van der Waals surface area contributed by atoms with Crippen LogP contribution < -0.4 is 5.46 Å². The van der Waals surface area contributed by atoms with E-state index in [0.29, 0.717) is 5.56 Å². The van der Waals surface area contributed by atoms with E-state index in [9.17, 15) is 20.4 Å².